The summed E-state index contributed by atoms with van der Waals surface area (Å²) < 4.78 is 0. The molecule has 2 atom stereocenters. The second-order valence-corrected chi connectivity index (χ2v) is 15.7. The van der Waals surface area contributed by atoms with Crippen molar-refractivity contribution in [3.63, 3.8) is 0 Å². The van der Waals surface area contributed by atoms with Gasteiger partial charge in [0.05, 0.1) is 22.2 Å². The van der Waals surface area contributed by atoms with E-state index in [0.29, 0.717) is 21.8 Å². The van der Waals surface area contributed by atoms with E-state index in [0.717, 1.165) is 77.4 Å². The molecule has 0 saturated carbocycles. The topological polar surface area (TPSA) is 126 Å². The maximum absolute atomic E-state index is 14.9. The number of carbonyl (C=O) groups excluding carboxylic acids is 1. The van der Waals surface area contributed by atoms with Crippen LogP contribution < -0.4 is 26.5 Å². The van der Waals surface area contributed by atoms with Gasteiger partial charge in [0, 0.05) is 55.2 Å². The average Bonchev–Trinajstić information content (AvgIpc) is 3.64. The number of phenols is 2. The van der Waals surface area contributed by atoms with Gasteiger partial charge in [0.2, 0.25) is 5.78 Å². The van der Waals surface area contributed by atoms with Crippen molar-refractivity contribution in [3.8, 4) is 33.8 Å². The highest BCUT2D eigenvalue weighted by molar-refractivity contribution is 6.52. The summed E-state index contributed by atoms with van der Waals surface area (Å²) in [5.74, 6) is -0.112. The lowest BCUT2D eigenvalue weighted by atomic mass is 9.79. The van der Waals surface area contributed by atoms with E-state index in [1.54, 1.807) is 24.3 Å². The van der Waals surface area contributed by atoms with Gasteiger partial charge < -0.3 is 31.3 Å². The number of benzene rings is 8. The van der Waals surface area contributed by atoms with Crippen LogP contribution in [0.5, 0.6) is 11.5 Å². The van der Waals surface area contributed by atoms with Crippen LogP contribution in [0.2, 0.25) is 0 Å². The summed E-state index contributed by atoms with van der Waals surface area (Å²) in [6.45, 7) is 0. The van der Waals surface area contributed by atoms with Crippen molar-refractivity contribution in [1.82, 2.24) is 0 Å². The van der Waals surface area contributed by atoms with Gasteiger partial charge in [0.1, 0.15) is 17.3 Å². The molecule has 13 rings (SSSR count). The van der Waals surface area contributed by atoms with E-state index in [-0.39, 0.29) is 34.2 Å². The Morgan fingerprint density at radius 1 is 0.483 bits per heavy atom. The van der Waals surface area contributed by atoms with Crippen LogP contribution in [-0.2, 0) is 16.1 Å². The van der Waals surface area contributed by atoms with Crippen LogP contribution in [0.4, 0.5) is 17.1 Å². The van der Waals surface area contributed by atoms with Gasteiger partial charge in [-0.2, -0.15) is 0 Å². The lowest BCUT2D eigenvalue weighted by Gasteiger charge is -2.41. The Hall–Kier alpha value is -7.84. The average molecular weight is 751 g/mol. The fourth-order valence-corrected chi connectivity index (χ4v) is 10.4. The molecule has 2 heterocycles. The Kier molecular flexibility index (Phi) is 5.68. The van der Waals surface area contributed by atoms with Crippen molar-refractivity contribution in [2.75, 3.05) is 16.0 Å². The number of Topliss-reactive ketones (excluding diaryl/α,β-unsaturated/α-hetero) is 1. The molecule has 0 amide bonds. The zero-order valence-electron chi connectivity index (χ0n) is 30.6. The molecular formula is C50H30N4O4. The Morgan fingerprint density at radius 2 is 1.09 bits per heavy atom. The van der Waals surface area contributed by atoms with Gasteiger partial charge in [-0.15, -0.1) is 0 Å². The number of hydrogen-bond acceptors (Lipinski definition) is 8. The van der Waals surface area contributed by atoms with Gasteiger partial charge in [0.15, 0.2) is 11.3 Å². The van der Waals surface area contributed by atoms with E-state index < -0.39 is 11.3 Å². The van der Waals surface area contributed by atoms with Crippen LogP contribution in [0.15, 0.2) is 156 Å². The van der Waals surface area contributed by atoms with Crippen LogP contribution in [0.3, 0.4) is 0 Å². The lowest BCUT2D eigenvalue weighted by molar-refractivity contribution is -0.109. The Morgan fingerprint density at radius 3 is 1.84 bits per heavy atom. The van der Waals surface area contributed by atoms with Crippen LogP contribution in [-0.4, -0.2) is 21.1 Å². The molecule has 0 aromatic heterocycles. The van der Waals surface area contributed by atoms with Crippen molar-refractivity contribution in [1.29, 1.82) is 0 Å². The first kappa shape index (κ1) is 31.4. The standard InChI is InChI=1S/C50H30N4O4/c55-27-17-21-31-29-9-1-3-11-35(29)49(37(31)23-27)51-39-13-5-7-25-15-19-33(45(53-49)41(25)39)43-47(57)44(48(43)58)34-20-16-26-8-6-14-40-42(26)46(34)54-50(52-40)36-12-4-2-10-30(36)32-22-18-28(56)24-38(32)50/h1-24,51-53,55-57H. The molecule has 6 N–H and O–H groups in total. The summed E-state index contributed by atoms with van der Waals surface area (Å²) in [5.41, 5.74) is 8.91. The molecule has 0 bridgehead atoms. The first-order chi connectivity index (χ1) is 28.3. The summed E-state index contributed by atoms with van der Waals surface area (Å²) >= 11 is 0. The third-order valence-electron chi connectivity index (χ3n) is 12.8. The highest BCUT2D eigenvalue weighted by atomic mass is 16.3. The van der Waals surface area contributed by atoms with Crippen LogP contribution >= 0.6 is 0 Å². The maximum Gasteiger partial charge on any atom is 0.201 e. The van der Waals surface area contributed by atoms with E-state index in [9.17, 15) is 20.1 Å². The van der Waals surface area contributed by atoms with Crippen LogP contribution in [0.1, 0.15) is 27.8 Å². The second kappa shape index (κ2) is 10.5. The number of aliphatic hydroxyl groups is 1. The minimum Gasteiger partial charge on any atom is -0.508 e. The molecule has 0 radical (unpaired) electrons. The Balaban J connectivity index is 1.06. The van der Waals surface area contributed by atoms with E-state index in [1.165, 1.54) is 0 Å². The number of anilines is 3. The van der Waals surface area contributed by atoms with Crippen molar-refractivity contribution in [2.45, 2.75) is 11.3 Å². The molecule has 5 aliphatic rings. The molecule has 8 nitrogen and oxygen atoms in total. The number of allylic oxidation sites excluding steroid dienone is 2. The number of aromatic hydroxyl groups is 2. The zero-order chi connectivity index (χ0) is 38.7. The third-order valence-corrected chi connectivity index (χ3v) is 12.8. The fraction of sp³-hybridized carbons (Fsp3) is 0.0400. The molecule has 2 unspecified atom stereocenters. The molecule has 3 aliphatic carbocycles. The first-order valence-electron chi connectivity index (χ1n) is 19.3. The number of aliphatic hydroxyl groups excluding tert-OH is 1. The summed E-state index contributed by atoms with van der Waals surface area (Å²) in [6.07, 6.45) is 0. The molecule has 2 spiro atoms. The van der Waals surface area contributed by atoms with Gasteiger partial charge in [0.25, 0.3) is 0 Å². The predicted octanol–water partition coefficient (Wildman–Crippen LogP) is 8.75. The summed E-state index contributed by atoms with van der Waals surface area (Å²) in [5, 5.41) is 50.0. The number of phenolic OH excluding ortho intramolecular Hbond substituents is 2. The van der Waals surface area contributed by atoms with E-state index in [2.05, 4.69) is 34.1 Å². The largest absolute Gasteiger partial charge is 0.508 e. The molecule has 8 aromatic rings. The van der Waals surface area contributed by atoms with Crippen LogP contribution in [0.25, 0.3) is 54.9 Å². The van der Waals surface area contributed by atoms with Gasteiger partial charge >= 0.3 is 0 Å². The Bertz CT molecular complexity index is 3460. The second-order valence-electron chi connectivity index (χ2n) is 15.7. The number of nitrogens with one attached hydrogen (secondary N) is 3. The van der Waals surface area contributed by atoms with Crippen molar-refractivity contribution < 1.29 is 20.1 Å². The highest BCUT2D eigenvalue weighted by Gasteiger charge is 2.49. The van der Waals surface area contributed by atoms with Crippen molar-refractivity contribution in [2.24, 2.45) is 4.99 Å². The van der Waals surface area contributed by atoms with Gasteiger partial charge in [-0.1, -0.05) is 109 Å². The normalized spacial score (nSPS) is 20.8. The first-order valence-corrected chi connectivity index (χ1v) is 19.3. The SMILES string of the molecule is O=C1C(c2ccc3cccc4c3c2NC2(N4)c3ccccc3-c3ccc(O)cc32)=C(O)C1=c1ccc2cccc3c2c1=NC1(N3)c2ccccc2-c2ccc(O)cc21. The number of hydrogen-bond donors (Lipinski definition) is 6. The number of carbonyl (C=O) groups is 1. The van der Waals surface area contributed by atoms with Crippen molar-refractivity contribution >= 4 is 55.5 Å². The predicted molar refractivity (Wildman–Crippen MR) is 226 cm³/mol. The van der Waals surface area contributed by atoms with Crippen LogP contribution in [0, 0.1) is 0 Å². The fourth-order valence-electron chi connectivity index (χ4n) is 10.4. The van der Waals surface area contributed by atoms with E-state index >= 15 is 0 Å². The minimum absolute atomic E-state index is 0.0990. The molecule has 2 aliphatic heterocycles. The molecular weight excluding hydrogens is 721 g/mol. The summed E-state index contributed by atoms with van der Waals surface area (Å²) in [7, 11) is 0. The lowest BCUT2D eigenvalue weighted by Crippen LogP contribution is -2.45. The monoisotopic (exact) mass is 750 g/mol. The quantitative estimate of drug-likeness (QED) is 0.0991. The van der Waals surface area contributed by atoms with Gasteiger partial charge in [-0.25, -0.2) is 4.99 Å². The molecule has 274 valence electrons. The third kappa shape index (κ3) is 3.70. The van der Waals surface area contributed by atoms with E-state index in [4.69, 9.17) is 4.99 Å². The summed E-state index contributed by atoms with van der Waals surface area (Å²) in [4.78, 5) is 20.4. The summed E-state index contributed by atoms with van der Waals surface area (Å²) in [6, 6.07) is 46.8. The molecule has 58 heavy (non-hydrogen) atoms. The number of fused-ring (bicyclic) bond motifs is 10. The molecule has 0 saturated heterocycles. The Labute approximate surface area is 330 Å². The maximum atomic E-state index is 14.9. The number of nitrogens with zero attached hydrogens (tertiary/aromatic N) is 1. The molecule has 0 fully saturated rings. The highest BCUT2D eigenvalue weighted by Crippen LogP contribution is 2.56. The van der Waals surface area contributed by atoms with E-state index in [1.807, 2.05) is 103 Å². The smallest absolute Gasteiger partial charge is 0.201 e. The molecule has 8 heteroatoms. The number of rotatable bonds is 1. The molecule has 8 aromatic carbocycles. The minimum atomic E-state index is -1.09. The van der Waals surface area contributed by atoms with Gasteiger partial charge in [-0.05, 0) is 69.4 Å². The van der Waals surface area contributed by atoms with Crippen molar-refractivity contribution in [3.05, 3.63) is 190 Å². The number of ketones is 1. The van der Waals surface area contributed by atoms with Gasteiger partial charge in [-0.3, -0.25) is 4.79 Å². The zero-order valence-corrected chi connectivity index (χ0v) is 30.6.